The Morgan fingerprint density at radius 3 is 2.51 bits per heavy atom. The van der Waals surface area contributed by atoms with Gasteiger partial charge in [0.05, 0.1) is 31.3 Å². The first kappa shape index (κ1) is 25.2. The summed E-state index contributed by atoms with van der Waals surface area (Å²) in [7, 11) is 0. The van der Waals surface area contributed by atoms with Gasteiger partial charge in [0.2, 0.25) is 0 Å². The maximum absolute atomic E-state index is 11.8. The van der Waals surface area contributed by atoms with E-state index in [0.29, 0.717) is 32.2 Å². The van der Waals surface area contributed by atoms with E-state index >= 15 is 0 Å². The van der Waals surface area contributed by atoms with Crippen molar-refractivity contribution in [1.82, 2.24) is 5.32 Å². The fourth-order valence-corrected chi connectivity index (χ4v) is 4.36. The van der Waals surface area contributed by atoms with Crippen LogP contribution >= 0.6 is 0 Å². The van der Waals surface area contributed by atoms with Gasteiger partial charge in [-0.3, -0.25) is 4.79 Å². The molecule has 1 heterocycles. The number of hydrogen-bond acceptors (Lipinski definition) is 5. The molecule has 0 aromatic heterocycles. The summed E-state index contributed by atoms with van der Waals surface area (Å²) >= 11 is 0. The Morgan fingerprint density at radius 1 is 0.971 bits per heavy atom. The van der Waals surface area contributed by atoms with E-state index in [-0.39, 0.29) is 12.1 Å². The summed E-state index contributed by atoms with van der Waals surface area (Å²) in [5, 5.41) is 5.98. The van der Waals surface area contributed by atoms with Crippen LogP contribution < -0.4 is 10.1 Å². The van der Waals surface area contributed by atoms with E-state index in [0.717, 1.165) is 25.3 Å². The molecular formula is C30H37NO4. The van der Waals surface area contributed by atoms with E-state index in [2.05, 4.69) is 59.9 Å². The van der Waals surface area contributed by atoms with Gasteiger partial charge in [-0.15, -0.1) is 0 Å². The minimum absolute atomic E-state index is 0.125. The Hall–Kier alpha value is -2.89. The van der Waals surface area contributed by atoms with Gasteiger partial charge in [0.1, 0.15) is 5.75 Å². The molecule has 0 spiro atoms. The molecule has 0 bridgehead atoms. The minimum atomic E-state index is -0.470. The molecular weight excluding hydrogens is 438 g/mol. The number of fused-ring (bicyclic) bond motifs is 1. The van der Waals surface area contributed by atoms with Crippen LogP contribution in [0.4, 0.5) is 0 Å². The van der Waals surface area contributed by atoms with Gasteiger partial charge in [-0.25, -0.2) is 0 Å². The van der Waals surface area contributed by atoms with E-state index in [1.165, 1.54) is 21.9 Å². The first-order valence-corrected chi connectivity index (χ1v) is 12.6. The van der Waals surface area contributed by atoms with Crippen LogP contribution in [0.2, 0.25) is 0 Å². The van der Waals surface area contributed by atoms with E-state index in [4.69, 9.17) is 14.2 Å². The average molecular weight is 476 g/mol. The fraction of sp³-hybridized carbons (Fsp3) is 0.433. The molecule has 2 unspecified atom stereocenters. The van der Waals surface area contributed by atoms with Gasteiger partial charge in [0, 0.05) is 18.9 Å². The van der Waals surface area contributed by atoms with Gasteiger partial charge < -0.3 is 19.5 Å². The number of esters is 1. The average Bonchev–Trinajstić information content (AvgIpc) is 2.87. The zero-order valence-electron chi connectivity index (χ0n) is 21.1. The smallest absolute Gasteiger partial charge is 0.311 e. The highest BCUT2D eigenvalue weighted by molar-refractivity contribution is 5.82. The van der Waals surface area contributed by atoms with Crippen LogP contribution in [-0.2, 0) is 20.9 Å². The van der Waals surface area contributed by atoms with Crippen molar-refractivity contribution in [2.24, 2.45) is 5.41 Å². The van der Waals surface area contributed by atoms with Crippen LogP contribution in [0.3, 0.4) is 0 Å². The second-order valence-corrected chi connectivity index (χ2v) is 10.3. The largest absolute Gasteiger partial charge is 0.493 e. The summed E-state index contributed by atoms with van der Waals surface area (Å²) in [5.41, 5.74) is 2.01. The highest BCUT2D eigenvalue weighted by atomic mass is 16.5. The number of piperidine rings is 1. The molecule has 5 nitrogen and oxygen atoms in total. The maximum Gasteiger partial charge on any atom is 0.311 e. The summed E-state index contributed by atoms with van der Waals surface area (Å²) in [6, 6.07) is 23.3. The van der Waals surface area contributed by atoms with Crippen molar-refractivity contribution in [2.75, 3.05) is 26.3 Å². The third kappa shape index (κ3) is 7.06. The normalized spacial score (nSPS) is 18.4. The summed E-state index contributed by atoms with van der Waals surface area (Å²) in [4.78, 5) is 11.8. The van der Waals surface area contributed by atoms with Gasteiger partial charge in [0.25, 0.3) is 0 Å². The molecule has 2 atom stereocenters. The van der Waals surface area contributed by atoms with Crippen molar-refractivity contribution < 1.29 is 19.0 Å². The van der Waals surface area contributed by atoms with Crippen LogP contribution in [0.15, 0.2) is 66.7 Å². The SMILES string of the molecule is CC(C)(C)C(=O)OCCCOc1ccc(C2CCNCC2OCc2ccc3ccccc3c2)cc1. The van der Waals surface area contributed by atoms with Crippen molar-refractivity contribution in [3.63, 3.8) is 0 Å². The Kier molecular flexibility index (Phi) is 8.42. The molecule has 3 aromatic rings. The third-order valence-corrected chi connectivity index (χ3v) is 6.42. The van der Waals surface area contributed by atoms with Gasteiger partial charge >= 0.3 is 5.97 Å². The van der Waals surface area contributed by atoms with Crippen molar-refractivity contribution in [1.29, 1.82) is 0 Å². The zero-order valence-corrected chi connectivity index (χ0v) is 21.1. The maximum atomic E-state index is 11.8. The van der Waals surface area contributed by atoms with Gasteiger partial charge in [-0.05, 0) is 73.8 Å². The topological polar surface area (TPSA) is 56.8 Å². The molecule has 35 heavy (non-hydrogen) atoms. The number of benzene rings is 3. The Balaban J connectivity index is 1.27. The highest BCUT2D eigenvalue weighted by Gasteiger charge is 2.27. The molecule has 0 saturated carbocycles. The molecule has 5 heteroatoms. The molecule has 1 fully saturated rings. The second kappa shape index (κ2) is 11.7. The predicted octanol–water partition coefficient (Wildman–Crippen LogP) is 5.86. The minimum Gasteiger partial charge on any atom is -0.493 e. The zero-order chi connectivity index (χ0) is 24.7. The van der Waals surface area contributed by atoms with E-state index in [1.807, 2.05) is 32.9 Å². The van der Waals surface area contributed by atoms with Crippen molar-refractivity contribution in [3.8, 4) is 5.75 Å². The molecule has 1 N–H and O–H groups in total. The Labute approximate surface area is 208 Å². The summed E-state index contributed by atoms with van der Waals surface area (Å²) in [6.45, 7) is 8.91. The van der Waals surface area contributed by atoms with Crippen molar-refractivity contribution in [3.05, 3.63) is 77.9 Å². The molecule has 1 aliphatic rings. The molecule has 186 valence electrons. The summed E-state index contributed by atoms with van der Waals surface area (Å²) < 4.78 is 17.6. The van der Waals surface area contributed by atoms with E-state index < -0.39 is 5.41 Å². The Bertz CT molecular complexity index is 1100. The molecule has 0 amide bonds. The predicted molar refractivity (Wildman–Crippen MR) is 140 cm³/mol. The van der Waals surface area contributed by atoms with Crippen LogP contribution in [0.5, 0.6) is 5.75 Å². The number of hydrogen-bond donors (Lipinski definition) is 1. The van der Waals surface area contributed by atoms with E-state index in [1.54, 1.807) is 0 Å². The monoisotopic (exact) mass is 475 g/mol. The van der Waals surface area contributed by atoms with Crippen molar-refractivity contribution >= 4 is 16.7 Å². The first-order chi connectivity index (χ1) is 16.9. The van der Waals surface area contributed by atoms with Crippen LogP contribution in [0.25, 0.3) is 10.8 Å². The standard InChI is InChI=1S/C30H37NO4/c1-30(2,3)29(32)34-18-6-17-33-26-13-11-24(12-14-26)27-15-16-31-20-28(27)35-21-22-9-10-23-7-4-5-8-25(23)19-22/h4-5,7-14,19,27-28,31H,6,15-18,20-21H2,1-3H3. The highest BCUT2D eigenvalue weighted by Crippen LogP contribution is 2.30. The quantitative estimate of drug-likeness (QED) is 0.310. The lowest BCUT2D eigenvalue weighted by Gasteiger charge is -2.32. The summed E-state index contributed by atoms with van der Waals surface area (Å²) in [6.07, 6.45) is 1.84. The Morgan fingerprint density at radius 2 is 1.74 bits per heavy atom. The lowest BCUT2D eigenvalue weighted by Crippen LogP contribution is -2.40. The number of ether oxygens (including phenoxy) is 3. The van der Waals surface area contributed by atoms with Crippen LogP contribution in [0.1, 0.15) is 50.7 Å². The summed E-state index contributed by atoms with van der Waals surface area (Å²) in [5.74, 6) is 1.00. The number of nitrogens with one attached hydrogen (secondary N) is 1. The molecule has 1 aliphatic heterocycles. The van der Waals surface area contributed by atoms with Gasteiger partial charge in [0.15, 0.2) is 0 Å². The molecule has 3 aromatic carbocycles. The van der Waals surface area contributed by atoms with Gasteiger partial charge in [-0.1, -0.05) is 48.5 Å². The van der Waals surface area contributed by atoms with Crippen LogP contribution in [-0.4, -0.2) is 38.4 Å². The number of carbonyl (C=O) groups excluding carboxylic acids is 1. The lowest BCUT2D eigenvalue weighted by molar-refractivity contribution is -0.153. The van der Waals surface area contributed by atoms with Crippen LogP contribution in [0, 0.1) is 5.41 Å². The number of carbonyl (C=O) groups is 1. The number of rotatable bonds is 9. The second-order valence-electron chi connectivity index (χ2n) is 10.3. The first-order valence-electron chi connectivity index (χ1n) is 12.6. The molecule has 4 rings (SSSR count). The molecule has 0 radical (unpaired) electrons. The van der Waals surface area contributed by atoms with Crippen molar-refractivity contribution in [2.45, 2.75) is 52.2 Å². The lowest BCUT2D eigenvalue weighted by atomic mass is 9.87. The fourth-order valence-electron chi connectivity index (χ4n) is 4.36. The third-order valence-electron chi connectivity index (χ3n) is 6.42. The van der Waals surface area contributed by atoms with E-state index in [9.17, 15) is 4.79 Å². The molecule has 0 aliphatic carbocycles. The van der Waals surface area contributed by atoms with Gasteiger partial charge in [-0.2, -0.15) is 0 Å². The molecule has 1 saturated heterocycles.